The van der Waals surface area contributed by atoms with Crippen molar-refractivity contribution in [3.8, 4) is 56.0 Å². The molecule has 0 radical (unpaired) electrons. The first kappa shape index (κ1) is 37.2. The first-order chi connectivity index (χ1) is 31.7. The molecule has 0 aliphatic rings. The Kier molecular flexibility index (Phi) is 9.16. The Hall–Kier alpha value is -8.53. The van der Waals surface area contributed by atoms with E-state index < -0.39 is 0 Å². The summed E-state index contributed by atoms with van der Waals surface area (Å²) in [6, 6.07) is 86.8. The zero-order chi connectivity index (χ0) is 42.4. The number of anilines is 3. The molecule has 0 saturated carbocycles. The highest BCUT2D eigenvalue weighted by Crippen LogP contribution is 2.43. The molecule has 0 amide bonds. The van der Waals surface area contributed by atoms with Crippen LogP contribution in [0.2, 0.25) is 0 Å². The van der Waals surface area contributed by atoms with Gasteiger partial charge in [-0.2, -0.15) is 0 Å². The highest BCUT2D eigenvalue weighted by atomic mass is 16.3. The molecule has 1 heterocycles. The molecule has 11 aromatic carbocycles. The van der Waals surface area contributed by atoms with Crippen molar-refractivity contribution in [2.45, 2.75) is 0 Å². The first-order valence-corrected chi connectivity index (χ1v) is 21.8. The van der Waals surface area contributed by atoms with Gasteiger partial charge >= 0.3 is 0 Å². The molecule has 0 aliphatic carbocycles. The Morgan fingerprint density at radius 1 is 0.312 bits per heavy atom. The van der Waals surface area contributed by atoms with Gasteiger partial charge in [0.1, 0.15) is 5.52 Å². The van der Waals surface area contributed by atoms with Gasteiger partial charge < -0.3 is 9.32 Å². The summed E-state index contributed by atoms with van der Waals surface area (Å²) in [7, 11) is 0. The van der Waals surface area contributed by atoms with Crippen molar-refractivity contribution in [1.82, 2.24) is 4.98 Å². The fourth-order valence-electron chi connectivity index (χ4n) is 9.30. The van der Waals surface area contributed by atoms with E-state index in [0.29, 0.717) is 5.89 Å². The molecule has 0 spiro atoms. The topological polar surface area (TPSA) is 29.3 Å². The van der Waals surface area contributed by atoms with E-state index >= 15 is 0 Å². The van der Waals surface area contributed by atoms with Gasteiger partial charge in [0.25, 0.3) is 0 Å². The van der Waals surface area contributed by atoms with Crippen LogP contribution in [0.25, 0.3) is 99.4 Å². The lowest BCUT2D eigenvalue weighted by Crippen LogP contribution is -2.11. The highest BCUT2D eigenvalue weighted by Gasteiger charge is 2.19. The van der Waals surface area contributed by atoms with Gasteiger partial charge in [-0.25, -0.2) is 4.98 Å². The van der Waals surface area contributed by atoms with Crippen molar-refractivity contribution in [3.05, 3.63) is 243 Å². The lowest BCUT2D eigenvalue weighted by Gasteiger charge is -2.28. The summed E-state index contributed by atoms with van der Waals surface area (Å²) >= 11 is 0. The van der Waals surface area contributed by atoms with Crippen LogP contribution in [-0.4, -0.2) is 4.98 Å². The normalized spacial score (nSPS) is 11.4. The molecule has 0 bridgehead atoms. The fraction of sp³-hybridized carbons (Fsp3) is 0. The number of aromatic nitrogens is 1. The SMILES string of the molecule is c1ccc(-c2nc3ccc4cc(-c5ccc(-c6ccc(N(c7ccc(-c8cc9ccccc9c9ccccc89)cc7)c7ccccc7-c7ccccc7)cc6)cc5)ccc4c3o2)cc1. The second-order valence-corrected chi connectivity index (χ2v) is 16.3. The van der Waals surface area contributed by atoms with Crippen molar-refractivity contribution < 1.29 is 4.42 Å². The van der Waals surface area contributed by atoms with Gasteiger partial charge in [0.2, 0.25) is 5.89 Å². The second kappa shape index (κ2) is 15.7. The van der Waals surface area contributed by atoms with Crippen LogP contribution in [0.5, 0.6) is 0 Å². The number of rotatable bonds is 8. The molecule has 0 fully saturated rings. The third kappa shape index (κ3) is 6.68. The Labute approximate surface area is 371 Å². The summed E-state index contributed by atoms with van der Waals surface area (Å²) in [6.07, 6.45) is 0. The average molecular weight is 817 g/mol. The first-order valence-electron chi connectivity index (χ1n) is 21.8. The minimum Gasteiger partial charge on any atom is -0.435 e. The van der Waals surface area contributed by atoms with E-state index in [0.717, 1.165) is 66.8 Å². The van der Waals surface area contributed by atoms with Gasteiger partial charge in [-0.15, -0.1) is 0 Å². The van der Waals surface area contributed by atoms with Gasteiger partial charge in [-0.1, -0.05) is 176 Å². The Morgan fingerprint density at radius 2 is 0.828 bits per heavy atom. The Morgan fingerprint density at radius 3 is 1.55 bits per heavy atom. The maximum absolute atomic E-state index is 6.31. The number of oxazole rings is 1. The lowest BCUT2D eigenvalue weighted by molar-refractivity contribution is 0.623. The maximum atomic E-state index is 6.31. The van der Waals surface area contributed by atoms with Crippen LogP contribution < -0.4 is 4.90 Å². The molecule has 0 atom stereocenters. The van der Waals surface area contributed by atoms with Crippen LogP contribution >= 0.6 is 0 Å². The molecule has 3 nitrogen and oxygen atoms in total. The summed E-state index contributed by atoms with van der Waals surface area (Å²) in [5, 5.41) is 7.23. The van der Waals surface area contributed by atoms with Crippen molar-refractivity contribution >= 4 is 60.5 Å². The van der Waals surface area contributed by atoms with Crippen LogP contribution in [0.1, 0.15) is 0 Å². The third-order valence-corrected chi connectivity index (χ3v) is 12.5. The standard InChI is InChI=1S/C61H40N2O/c1-3-13-44(14-4-1)53-19-11-12-22-59(53)63(51-35-29-45(30-36-51)57-40-48-17-7-8-18-52(48)55-20-9-10-21-56(55)57)50-33-27-42(28-34-50)41-23-25-43(26-24-41)47-31-37-54-49(39-47)32-38-58-60(54)64-61(62-58)46-15-5-2-6-16-46/h1-40H. The van der Waals surface area contributed by atoms with Crippen molar-refractivity contribution in [2.75, 3.05) is 4.90 Å². The van der Waals surface area contributed by atoms with Gasteiger partial charge in [-0.3, -0.25) is 0 Å². The van der Waals surface area contributed by atoms with Gasteiger partial charge in [-0.05, 0) is 133 Å². The molecule has 300 valence electrons. The molecular formula is C61H40N2O. The van der Waals surface area contributed by atoms with Crippen LogP contribution in [0.3, 0.4) is 0 Å². The largest absolute Gasteiger partial charge is 0.435 e. The Bertz CT molecular complexity index is 3630. The average Bonchev–Trinajstić information content (AvgIpc) is 3.83. The molecule has 64 heavy (non-hydrogen) atoms. The molecular weight excluding hydrogens is 777 g/mol. The zero-order valence-electron chi connectivity index (χ0n) is 34.9. The van der Waals surface area contributed by atoms with Crippen LogP contribution in [0, 0.1) is 0 Å². The highest BCUT2D eigenvalue weighted by molar-refractivity contribution is 6.14. The van der Waals surface area contributed by atoms with Crippen molar-refractivity contribution in [3.63, 3.8) is 0 Å². The number of hydrogen-bond acceptors (Lipinski definition) is 3. The Balaban J connectivity index is 0.875. The molecule has 0 N–H and O–H groups in total. The summed E-state index contributed by atoms with van der Waals surface area (Å²) in [6.45, 7) is 0. The maximum Gasteiger partial charge on any atom is 0.227 e. The molecule has 0 aliphatic heterocycles. The van der Waals surface area contributed by atoms with Gasteiger partial charge in [0.05, 0.1) is 5.69 Å². The number of benzene rings is 11. The molecule has 12 aromatic rings. The van der Waals surface area contributed by atoms with Gasteiger partial charge in [0, 0.05) is 27.9 Å². The number of para-hydroxylation sites is 1. The third-order valence-electron chi connectivity index (χ3n) is 12.5. The van der Waals surface area contributed by atoms with E-state index in [9.17, 15) is 0 Å². The number of hydrogen-bond donors (Lipinski definition) is 0. The zero-order valence-corrected chi connectivity index (χ0v) is 34.9. The smallest absolute Gasteiger partial charge is 0.227 e. The van der Waals surface area contributed by atoms with Crippen LogP contribution in [0.4, 0.5) is 17.1 Å². The molecule has 3 heteroatoms. The quantitative estimate of drug-likeness (QED) is 0.143. The minimum absolute atomic E-state index is 0.640. The van der Waals surface area contributed by atoms with Gasteiger partial charge in [0.15, 0.2) is 5.58 Å². The summed E-state index contributed by atoms with van der Waals surface area (Å²) in [5.41, 5.74) is 15.3. The van der Waals surface area contributed by atoms with Crippen LogP contribution in [-0.2, 0) is 0 Å². The molecule has 1 aromatic heterocycles. The summed E-state index contributed by atoms with van der Waals surface area (Å²) in [4.78, 5) is 7.16. The van der Waals surface area contributed by atoms with Crippen molar-refractivity contribution in [2.24, 2.45) is 0 Å². The van der Waals surface area contributed by atoms with E-state index in [2.05, 4.69) is 211 Å². The lowest BCUT2D eigenvalue weighted by atomic mass is 9.93. The van der Waals surface area contributed by atoms with E-state index in [1.54, 1.807) is 0 Å². The second-order valence-electron chi connectivity index (χ2n) is 16.3. The monoisotopic (exact) mass is 816 g/mol. The van der Waals surface area contributed by atoms with Crippen molar-refractivity contribution in [1.29, 1.82) is 0 Å². The molecule has 12 rings (SSSR count). The predicted molar refractivity (Wildman–Crippen MR) is 268 cm³/mol. The number of fused-ring (bicyclic) bond motifs is 6. The summed E-state index contributed by atoms with van der Waals surface area (Å²) in [5.74, 6) is 0.640. The summed E-state index contributed by atoms with van der Waals surface area (Å²) < 4.78 is 6.31. The van der Waals surface area contributed by atoms with Crippen LogP contribution in [0.15, 0.2) is 247 Å². The molecule has 0 saturated heterocycles. The fourth-order valence-corrected chi connectivity index (χ4v) is 9.30. The molecule has 0 unspecified atom stereocenters. The van der Waals surface area contributed by atoms with E-state index in [4.69, 9.17) is 9.40 Å². The van der Waals surface area contributed by atoms with E-state index in [1.165, 1.54) is 43.8 Å². The minimum atomic E-state index is 0.640. The predicted octanol–water partition coefficient (Wildman–Crippen LogP) is 17.1. The number of nitrogens with zero attached hydrogens (tertiary/aromatic N) is 2. The van der Waals surface area contributed by atoms with E-state index in [-0.39, 0.29) is 0 Å². The van der Waals surface area contributed by atoms with E-state index in [1.807, 2.05) is 36.4 Å².